The molecule has 0 aliphatic rings. The van der Waals surface area contributed by atoms with Crippen molar-refractivity contribution < 1.29 is 19.8 Å². The van der Waals surface area contributed by atoms with Crippen molar-refractivity contribution in [2.75, 3.05) is 0 Å². The lowest BCUT2D eigenvalue weighted by atomic mass is 10.0. The largest absolute Gasteiger partial charge is 0.481 e. The Hall–Kier alpha value is -0.480. The van der Waals surface area contributed by atoms with Crippen molar-refractivity contribution in [3.63, 3.8) is 0 Å². The minimum absolute atomic E-state index is 0. The van der Waals surface area contributed by atoms with Crippen molar-refractivity contribution in [2.24, 2.45) is 0 Å². The van der Waals surface area contributed by atoms with Crippen LogP contribution in [0.25, 0.3) is 0 Å². The van der Waals surface area contributed by atoms with Crippen LogP contribution in [-0.2, 0) is 9.59 Å². The van der Waals surface area contributed by atoms with Crippen molar-refractivity contribution in [3.8, 4) is 0 Å². The van der Waals surface area contributed by atoms with Crippen LogP contribution in [0.1, 0.15) is 103 Å². The summed E-state index contributed by atoms with van der Waals surface area (Å²) in [5.41, 5.74) is 0. The molecule has 0 fully saturated rings. The number of unbranched alkanes of at least 4 members (excludes halogenated alkanes) is 13. The zero-order valence-electron chi connectivity index (χ0n) is 14.8. The lowest BCUT2D eigenvalue weighted by Gasteiger charge is -2.03. The van der Waals surface area contributed by atoms with E-state index >= 15 is 0 Å². The molecular formula is C18H36Cl2O4. The van der Waals surface area contributed by atoms with E-state index in [2.05, 4.69) is 0 Å². The molecule has 0 saturated carbocycles. The maximum Gasteiger partial charge on any atom is 0.303 e. The molecule has 0 radical (unpaired) electrons. The highest BCUT2D eigenvalue weighted by Crippen LogP contribution is 2.13. The molecule has 146 valence electrons. The lowest BCUT2D eigenvalue weighted by molar-refractivity contribution is -0.138. The maximum absolute atomic E-state index is 10.3. The molecule has 0 unspecified atom stereocenters. The van der Waals surface area contributed by atoms with Gasteiger partial charge in [-0.3, -0.25) is 9.59 Å². The average Bonchev–Trinajstić information content (AvgIpc) is 2.46. The first kappa shape index (κ1) is 28.3. The Morgan fingerprint density at radius 3 is 0.750 bits per heavy atom. The van der Waals surface area contributed by atoms with E-state index in [1.807, 2.05) is 0 Å². The van der Waals surface area contributed by atoms with Crippen LogP contribution in [0, 0.1) is 0 Å². The van der Waals surface area contributed by atoms with Gasteiger partial charge in [-0.2, -0.15) is 0 Å². The molecule has 0 aromatic heterocycles. The second kappa shape index (κ2) is 22.5. The van der Waals surface area contributed by atoms with E-state index in [4.69, 9.17) is 10.2 Å². The first-order valence-electron chi connectivity index (χ1n) is 9.06. The molecule has 0 heterocycles. The number of aliphatic carboxylic acids is 2. The maximum atomic E-state index is 10.3. The van der Waals surface area contributed by atoms with E-state index in [1.165, 1.54) is 64.2 Å². The van der Waals surface area contributed by atoms with Gasteiger partial charge < -0.3 is 10.2 Å². The molecule has 4 nitrogen and oxygen atoms in total. The Labute approximate surface area is 159 Å². The highest BCUT2D eigenvalue weighted by Gasteiger charge is 1.98. The minimum atomic E-state index is -0.679. The summed E-state index contributed by atoms with van der Waals surface area (Å²) in [6, 6.07) is 0. The number of rotatable bonds is 17. The standard InChI is InChI=1S/C18H34O4.2ClH/c19-17(20)15-13-11-9-7-5-3-1-2-4-6-8-10-12-14-16-18(21)22;;/h1-16H2,(H,19,20)(H,21,22);2*1H. The molecule has 0 rings (SSSR count). The predicted octanol–water partition coefficient (Wildman–Crippen LogP) is 6.24. The summed E-state index contributed by atoms with van der Waals surface area (Å²) in [6.45, 7) is 0. The van der Waals surface area contributed by atoms with Crippen molar-refractivity contribution in [1.29, 1.82) is 0 Å². The Kier molecular flexibility index (Phi) is 26.6. The van der Waals surface area contributed by atoms with Gasteiger partial charge in [0.2, 0.25) is 0 Å². The Balaban J connectivity index is -0.00000220. The second-order valence-corrected chi connectivity index (χ2v) is 6.24. The normalized spacial score (nSPS) is 9.83. The van der Waals surface area contributed by atoms with Gasteiger partial charge >= 0.3 is 11.9 Å². The van der Waals surface area contributed by atoms with Crippen LogP contribution >= 0.6 is 24.8 Å². The summed E-state index contributed by atoms with van der Waals surface area (Å²) in [5.74, 6) is -1.36. The number of hydrogen-bond acceptors (Lipinski definition) is 2. The molecule has 0 aliphatic heterocycles. The van der Waals surface area contributed by atoms with Gasteiger partial charge in [-0.15, -0.1) is 24.8 Å². The predicted molar refractivity (Wildman–Crippen MR) is 104 cm³/mol. The monoisotopic (exact) mass is 386 g/mol. The van der Waals surface area contributed by atoms with Crippen molar-refractivity contribution in [3.05, 3.63) is 0 Å². The van der Waals surface area contributed by atoms with Gasteiger partial charge in [-0.05, 0) is 12.8 Å². The summed E-state index contributed by atoms with van der Waals surface area (Å²) in [7, 11) is 0. The summed E-state index contributed by atoms with van der Waals surface area (Å²) in [6.07, 6.45) is 17.0. The fourth-order valence-corrected chi connectivity index (χ4v) is 2.67. The number of halogens is 2. The molecule has 2 N–H and O–H groups in total. The SMILES string of the molecule is Cl.Cl.O=C(O)CCCCCCCCCCCCCCCCC(=O)O. The molecule has 6 heteroatoms. The van der Waals surface area contributed by atoms with E-state index < -0.39 is 11.9 Å². The highest BCUT2D eigenvalue weighted by molar-refractivity contribution is 5.85. The molecule has 0 spiro atoms. The van der Waals surface area contributed by atoms with E-state index in [-0.39, 0.29) is 24.8 Å². The average molecular weight is 387 g/mol. The molecule has 0 saturated heterocycles. The molecule has 0 aromatic rings. The Bertz CT molecular complexity index is 258. The van der Waals surface area contributed by atoms with E-state index in [1.54, 1.807) is 0 Å². The third kappa shape index (κ3) is 26.4. The van der Waals surface area contributed by atoms with Crippen LogP contribution in [0.4, 0.5) is 0 Å². The summed E-state index contributed by atoms with van der Waals surface area (Å²) in [4.78, 5) is 20.7. The van der Waals surface area contributed by atoms with Crippen LogP contribution in [0.5, 0.6) is 0 Å². The van der Waals surface area contributed by atoms with Crippen LogP contribution < -0.4 is 0 Å². The molecule has 0 aromatic carbocycles. The van der Waals surface area contributed by atoms with Gasteiger partial charge in [0.05, 0.1) is 0 Å². The van der Waals surface area contributed by atoms with E-state index in [9.17, 15) is 9.59 Å². The first-order valence-corrected chi connectivity index (χ1v) is 9.06. The van der Waals surface area contributed by atoms with Crippen molar-refractivity contribution in [1.82, 2.24) is 0 Å². The Morgan fingerprint density at radius 2 is 0.583 bits per heavy atom. The van der Waals surface area contributed by atoms with Gasteiger partial charge in [0.1, 0.15) is 0 Å². The van der Waals surface area contributed by atoms with Crippen molar-refractivity contribution in [2.45, 2.75) is 103 Å². The van der Waals surface area contributed by atoms with Crippen LogP contribution in [0.2, 0.25) is 0 Å². The second-order valence-electron chi connectivity index (χ2n) is 6.24. The lowest BCUT2D eigenvalue weighted by Crippen LogP contribution is -1.93. The minimum Gasteiger partial charge on any atom is -0.481 e. The Morgan fingerprint density at radius 1 is 0.417 bits per heavy atom. The summed E-state index contributed by atoms with van der Waals surface area (Å²) in [5, 5.41) is 17.0. The molecular weight excluding hydrogens is 351 g/mol. The molecule has 0 amide bonds. The smallest absolute Gasteiger partial charge is 0.303 e. The molecule has 24 heavy (non-hydrogen) atoms. The van der Waals surface area contributed by atoms with Crippen molar-refractivity contribution >= 4 is 36.8 Å². The number of hydrogen-bond donors (Lipinski definition) is 2. The first-order chi connectivity index (χ1) is 10.6. The van der Waals surface area contributed by atoms with E-state index in [0.29, 0.717) is 12.8 Å². The van der Waals surface area contributed by atoms with Gasteiger partial charge in [0, 0.05) is 12.8 Å². The fourth-order valence-electron chi connectivity index (χ4n) is 2.67. The summed E-state index contributed by atoms with van der Waals surface area (Å²) >= 11 is 0. The highest BCUT2D eigenvalue weighted by atomic mass is 35.5. The van der Waals surface area contributed by atoms with Gasteiger partial charge in [0.25, 0.3) is 0 Å². The number of carbonyl (C=O) groups is 2. The van der Waals surface area contributed by atoms with Gasteiger partial charge in [0.15, 0.2) is 0 Å². The van der Waals surface area contributed by atoms with Gasteiger partial charge in [-0.25, -0.2) is 0 Å². The number of carboxylic acids is 2. The number of carboxylic acid groups (broad SMARTS) is 2. The summed E-state index contributed by atoms with van der Waals surface area (Å²) < 4.78 is 0. The van der Waals surface area contributed by atoms with Crippen LogP contribution in [0.15, 0.2) is 0 Å². The van der Waals surface area contributed by atoms with Crippen LogP contribution in [-0.4, -0.2) is 22.2 Å². The third-order valence-corrected chi connectivity index (χ3v) is 4.03. The van der Waals surface area contributed by atoms with Crippen LogP contribution in [0.3, 0.4) is 0 Å². The quantitative estimate of drug-likeness (QED) is 0.290. The molecule has 0 aliphatic carbocycles. The molecule has 0 bridgehead atoms. The zero-order valence-corrected chi connectivity index (χ0v) is 16.5. The third-order valence-electron chi connectivity index (χ3n) is 4.03. The topological polar surface area (TPSA) is 74.6 Å². The fraction of sp³-hybridized carbons (Fsp3) is 0.889. The van der Waals surface area contributed by atoms with Gasteiger partial charge in [-0.1, -0.05) is 77.0 Å². The van der Waals surface area contributed by atoms with E-state index in [0.717, 1.165) is 25.7 Å². The molecule has 0 atom stereocenters. The zero-order chi connectivity index (χ0) is 16.5.